The quantitative estimate of drug-likeness (QED) is 0.535. The molecule has 0 radical (unpaired) electrons. The summed E-state index contributed by atoms with van der Waals surface area (Å²) >= 11 is 11.9. The van der Waals surface area contributed by atoms with Gasteiger partial charge in [-0.1, -0.05) is 47.5 Å². The van der Waals surface area contributed by atoms with Gasteiger partial charge in [0.05, 0.1) is 21.4 Å². The third-order valence-electron chi connectivity index (χ3n) is 4.18. The molecule has 0 bridgehead atoms. The van der Waals surface area contributed by atoms with Crippen LogP contribution in [0.2, 0.25) is 10.0 Å². The number of benzene rings is 2. The lowest BCUT2D eigenvalue weighted by Crippen LogP contribution is -2.25. The number of sulfonamides is 1. The van der Waals surface area contributed by atoms with Crippen molar-refractivity contribution in [1.29, 1.82) is 5.26 Å². The van der Waals surface area contributed by atoms with Crippen LogP contribution in [0, 0.1) is 11.3 Å². The summed E-state index contributed by atoms with van der Waals surface area (Å²) < 4.78 is 28.9. The molecule has 0 fully saturated rings. The van der Waals surface area contributed by atoms with Crippen molar-refractivity contribution < 1.29 is 8.42 Å². The Morgan fingerprint density at radius 2 is 1.76 bits per heavy atom. The SMILES string of the molecule is N#Cc1c(CCCNS(=O)(=O)c2c(Cl)cccc2Cl)nn(-c2ccccc2)c1N. The molecule has 0 aliphatic carbocycles. The van der Waals surface area contributed by atoms with E-state index in [4.69, 9.17) is 28.9 Å². The fourth-order valence-electron chi connectivity index (χ4n) is 2.81. The van der Waals surface area contributed by atoms with Crippen molar-refractivity contribution in [1.82, 2.24) is 14.5 Å². The number of halogens is 2. The summed E-state index contributed by atoms with van der Waals surface area (Å²) in [5.41, 5.74) is 7.59. The number of hydrogen-bond acceptors (Lipinski definition) is 5. The van der Waals surface area contributed by atoms with E-state index in [0.29, 0.717) is 18.5 Å². The van der Waals surface area contributed by atoms with Crippen LogP contribution in [0.3, 0.4) is 0 Å². The van der Waals surface area contributed by atoms with Crippen molar-refractivity contribution in [3.63, 3.8) is 0 Å². The Balaban J connectivity index is 1.71. The number of nitrogens with zero attached hydrogens (tertiary/aromatic N) is 3. The Morgan fingerprint density at radius 1 is 1.10 bits per heavy atom. The maximum Gasteiger partial charge on any atom is 0.243 e. The maximum absolute atomic E-state index is 12.5. The lowest BCUT2D eigenvalue weighted by Gasteiger charge is -2.09. The predicted molar refractivity (Wildman–Crippen MR) is 113 cm³/mol. The smallest absolute Gasteiger partial charge is 0.243 e. The number of rotatable bonds is 7. The van der Waals surface area contributed by atoms with E-state index in [1.165, 1.54) is 16.8 Å². The molecule has 0 saturated heterocycles. The molecule has 1 heterocycles. The topological polar surface area (TPSA) is 114 Å². The number of aryl methyl sites for hydroxylation is 1. The van der Waals surface area contributed by atoms with Crippen LogP contribution in [0.1, 0.15) is 17.7 Å². The molecule has 29 heavy (non-hydrogen) atoms. The number of para-hydroxylation sites is 1. The van der Waals surface area contributed by atoms with Gasteiger partial charge in [-0.3, -0.25) is 0 Å². The van der Waals surface area contributed by atoms with E-state index in [1.807, 2.05) is 30.3 Å². The summed E-state index contributed by atoms with van der Waals surface area (Å²) in [7, 11) is -3.87. The highest BCUT2D eigenvalue weighted by Crippen LogP contribution is 2.28. The number of nitrogen functional groups attached to an aromatic ring is 1. The van der Waals surface area contributed by atoms with Crippen LogP contribution in [0.5, 0.6) is 0 Å². The zero-order valence-electron chi connectivity index (χ0n) is 15.1. The van der Waals surface area contributed by atoms with E-state index >= 15 is 0 Å². The molecule has 7 nitrogen and oxygen atoms in total. The van der Waals surface area contributed by atoms with Gasteiger partial charge in [-0.15, -0.1) is 0 Å². The average molecular weight is 450 g/mol. The second-order valence-corrected chi connectivity index (χ2v) is 8.64. The lowest BCUT2D eigenvalue weighted by atomic mass is 10.1. The lowest BCUT2D eigenvalue weighted by molar-refractivity contribution is 0.578. The largest absolute Gasteiger partial charge is 0.382 e. The highest BCUT2D eigenvalue weighted by Gasteiger charge is 2.21. The Bertz CT molecular complexity index is 1150. The van der Waals surface area contributed by atoms with E-state index in [9.17, 15) is 13.7 Å². The molecule has 0 saturated carbocycles. The highest BCUT2D eigenvalue weighted by molar-refractivity contribution is 7.89. The van der Waals surface area contributed by atoms with Gasteiger partial charge in [-0.2, -0.15) is 10.4 Å². The summed E-state index contributed by atoms with van der Waals surface area (Å²) in [4.78, 5) is -0.154. The van der Waals surface area contributed by atoms with Crippen molar-refractivity contribution in [2.75, 3.05) is 12.3 Å². The molecule has 0 unspecified atom stereocenters. The number of anilines is 1. The Hall–Kier alpha value is -2.57. The third-order valence-corrected chi connectivity index (χ3v) is 6.59. The van der Waals surface area contributed by atoms with Crippen LogP contribution in [-0.2, 0) is 16.4 Å². The van der Waals surface area contributed by atoms with Gasteiger partial charge in [0.25, 0.3) is 0 Å². The molecule has 3 N–H and O–H groups in total. The molecule has 1 aromatic heterocycles. The number of hydrogen-bond donors (Lipinski definition) is 2. The normalized spacial score (nSPS) is 11.3. The van der Waals surface area contributed by atoms with E-state index in [2.05, 4.69) is 15.9 Å². The standard InChI is InChI=1S/C19H17Cl2N5O2S/c20-15-8-4-9-16(21)18(15)29(27,28)24-11-5-10-17-14(12-22)19(23)26(25-17)13-6-2-1-3-7-13/h1-4,6-9,24H,5,10-11,23H2. The van der Waals surface area contributed by atoms with Gasteiger partial charge in [-0.05, 0) is 37.1 Å². The van der Waals surface area contributed by atoms with Crippen LogP contribution in [0.25, 0.3) is 5.69 Å². The first-order chi connectivity index (χ1) is 13.8. The van der Waals surface area contributed by atoms with Crippen LogP contribution < -0.4 is 10.5 Å². The number of nitrogens with two attached hydrogens (primary N) is 1. The van der Waals surface area contributed by atoms with Gasteiger partial charge in [0.15, 0.2) is 0 Å². The molecule has 150 valence electrons. The van der Waals surface area contributed by atoms with Crippen LogP contribution in [0.4, 0.5) is 5.82 Å². The van der Waals surface area contributed by atoms with Crippen molar-refractivity contribution in [3.05, 3.63) is 69.8 Å². The monoisotopic (exact) mass is 449 g/mol. The van der Waals surface area contributed by atoms with Crippen LogP contribution >= 0.6 is 23.2 Å². The number of nitriles is 1. The van der Waals surface area contributed by atoms with E-state index in [0.717, 1.165) is 5.69 Å². The van der Waals surface area contributed by atoms with Crippen LogP contribution in [-0.4, -0.2) is 24.7 Å². The molecule has 0 atom stereocenters. The first-order valence-corrected chi connectivity index (χ1v) is 10.9. The zero-order valence-corrected chi connectivity index (χ0v) is 17.5. The highest BCUT2D eigenvalue weighted by atomic mass is 35.5. The minimum absolute atomic E-state index is 0.0474. The number of nitrogens with one attached hydrogen (secondary N) is 1. The van der Waals surface area contributed by atoms with Crippen molar-refractivity contribution in [3.8, 4) is 11.8 Å². The Labute approximate surface area is 178 Å². The van der Waals surface area contributed by atoms with Gasteiger partial charge in [0.1, 0.15) is 22.3 Å². The molecule has 3 aromatic rings. The summed E-state index contributed by atoms with van der Waals surface area (Å²) in [6.07, 6.45) is 0.771. The molecule has 0 amide bonds. The number of aromatic nitrogens is 2. The minimum Gasteiger partial charge on any atom is -0.382 e. The van der Waals surface area contributed by atoms with Crippen molar-refractivity contribution in [2.45, 2.75) is 17.7 Å². The zero-order chi connectivity index (χ0) is 21.0. The molecule has 10 heteroatoms. The molecular formula is C19H17Cl2N5O2S. The Kier molecular flexibility index (Phi) is 6.45. The first-order valence-electron chi connectivity index (χ1n) is 8.61. The van der Waals surface area contributed by atoms with Crippen LogP contribution in [0.15, 0.2) is 53.4 Å². The molecule has 2 aromatic carbocycles. The van der Waals surface area contributed by atoms with Crippen molar-refractivity contribution >= 4 is 39.0 Å². The molecule has 0 aliphatic rings. The average Bonchev–Trinajstić information content (AvgIpc) is 3.01. The summed E-state index contributed by atoms with van der Waals surface area (Å²) in [6, 6.07) is 15.8. The Morgan fingerprint density at radius 3 is 2.38 bits per heavy atom. The summed E-state index contributed by atoms with van der Waals surface area (Å²) in [5, 5.41) is 13.9. The van der Waals surface area contributed by atoms with E-state index in [1.54, 1.807) is 6.07 Å². The van der Waals surface area contributed by atoms with Gasteiger partial charge < -0.3 is 5.73 Å². The summed E-state index contributed by atoms with van der Waals surface area (Å²) in [5.74, 6) is 0.247. The predicted octanol–water partition coefficient (Wildman–Crippen LogP) is 3.54. The fourth-order valence-corrected chi connectivity index (χ4v) is 5.03. The van der Waals surface area contributed by atoms with E-state index in [-0.39, 0.29) is 32.9 Å². The third kappa shape index (κ3) is 4.54. The molecule has 3 rings (SSSR count). The van der Waals surface area contributed by atoms with Gasteiger partial charge in [-0.25, -0.2) is 17.8 Å². The van der Waals surface area contributed by atoms with E-state index < -0.39 is 10.0 Å². The molecule has 0 spiro atoms. The minimum atomic E-state index is -3.87. The maximum atomic E-state index is 12.5. The second kappa shape index (κ2) is 8.84. The fraction of sp³-hybridized carbons (Fsp3) is 0.158. The second-order valence-electron chi connectivity index (χ2n) is 6.12. The van der Waals surface area contributed by atoms with Crippen molar-refractivity contribution in [2.24, 2.45) is 0 Å². The molecule has 0 aliphatic heterocycles. The first kappa shape index (κ1) is 21.1. The summed E-state index contributed by atoms with van der Waals surface area (Å²) in [6.45, 7) is 0.118. The van der Waals surface area contributed by atoms with Gasteiger partial charge in [0.2, 0.25) is 10.0 Å². The molecular weight excluding hydrogens is 433 g/mol. The van der Waals surface area contributed by atoms with Gasteiger partial charge in [0, 0.05) is 6.54 Å². The van der Waals surface area contributed by atoms with Gasteiger partial charge >= 0.3 is 0 Å².